The zero-order valence-corrected chi connectivity index (χ0v) is 11.0. The molecule has 0 atom stereocenters. The topological polar surface area (TPSA) is 74.5 Å². The van der Waals surface area contributed by atoms with Crippen LogP contribution in [0.3, 0.4) is 0 Å². The monoisotopic (exact) mass is 274 g/mol. The summed E-state index contributed by atoms with van der Waals surface area (Å²) in [6, 6.07) is 2.40. The van der Waals surface area contributed by atoms with Gasteiger partial charge in [0.25, 0.3) is 5.69 Å². The fourth-order valence-corrected chi connectivity index (χ4v) is 1.36. The molecule has 0 bridgehead atoms. The summed E-state index contributed by atoms with van der Waals surface area (Å²) in [6.45, 7) is 5.41. The molecule has 0 unspecified atom stereocenters. The van der Waals surface area contributed by atoms with Gasteiger partial charge in [0, 0.05) is 6.61 Å². The SMILES string of the molecule is CC(C)COCCOc1cc([N+](=O)[O-])cc(Cl)n1. The van der Waals surface area contributed by atoms with E-state index in [1.54, 1.807) is 0 Å². The van der Waals surface area contributed by atoms with Gasteiger partial charge in [0.2, 0.25) is 5.88 Å². The third-order valence-electron chi connectivity index (χ3n) is 1.89. The lowest BCUT2D eigenvalue weighted by atomic mass is 10.2. The summed E-state index contributed by atoms with van der Waals surface area (Å²) in [5.41, 5.74) is -0.145. The van der Waals surface area contributed by atoms with Crippen LogP contribution in [-0.4, -0.2) is 29.7 Å². The van der Waals surface area contributed by atoms with Gasteiger partial charge in [-0.2, -0.15) is 0 Å². The maximum absolute atomic E-state index is 10.6. The highest BCUT2D eigenvalue weighted by Gasteiger charge is 2.10. The van der Waals surface area contributed by atoms with E-state index >= 15 is 0 Å². The maximum Gasteiger partial charge on any atom is 0.277 e. The van der Waals surface area contributed by atoms with E-state index in [9.17, 15) is 10.1 Å². The van der Waals surface area contributed by atoms with E-state index in [1.165, 1.54) is 12.1 Å². The van der Waals surface area contributed by atoms with Crippen molar-refractivity contribution in [1.29, 1.82) is 0 Å². The summed E-state index contributed by atoms with van der Waals surface area (Å²) < 4.78 is 10.5. The minimum absolute atomic E-state index is 0.0299. The predicted molar refractivity (Wildman–Crippen MR) is 67.1 cm³/mol. The highest BCUT2D eigenvalue weighted by atomic mass is 35.5. The summed E-state index contributed by atoms with van der Waals surface area (Å²) in [5.74, 6) is 0.581. The van der Waals surface area contributed by atoms with E-state index in [1.807, 2.05) is 13.8 Å². The Hall–Kier alpha value is -1.40. The second-order valence-corrected chi connectivity index (χ2v) is 4.45. The van der Waals surface area contributed by atoms with Crippen molar-refractivity contribution in [3.8, 4) is 5.88 Å². The molecule has 100 valence electrons. The summed E-state index contributed by atoms with van der Waals surface area (Å²) >= 11 is 5.65. The van der Waals surface area contributed by atoms with Crippen LogP contribution in [0.2, 0.25) is 5.15 Å². The van der Waals surface area contributed by atoms with E-state index in [4.69, 9.17) is 21.1 Å². The molecule has 0 saturated heterocycles. The molecule has 1 aromatic rings. The number of halogens is 1. The van der Waals surface area contributed by atoms with Crippen LogP contribution >= 0.6 is 11.6 Å². The molecule has 0 aliphatic heterocycles. The molecule has 6 nitrogen and oxygen atoms in total. The number of nitrogens with zero attached hydrogens (tertiary/aromatic N) is 2. The fourth-order valence-electron chi connectivity index (χ4n) is 1.16. The lowest BCUT2D eigenvalue weighted by molar-refractivity contribution is -0.385. The molecule has 0 fully saturated rings. The number of nitro groups is 1. The zero-order valence-electron chi connectivity index (χ0n) is 10.3. The zero-order chi connectivity index (χ0) is 13.5. The van der Waals surface area contributed by atoms with Crippen LogP contribution in [0.4, 0.5) is 5.69 Å². The van der Waals surface area contributed by atoms with Crippen molar-refractivity contribution in [1.82, 2.24) is 4.98 Å². The van der Waals surface area contributed by atoms with Gasteiger partial charge in [-0.3, -0.25) is 10.1 Å². The van der Waals surface area contributed by atoms with Gasteiger partial charge in [0.15, 0.2) is 0 Å². The van der Waals surface area contributed by atoms with Crippen LogP contribution in [0.1, 0.15) is 13.8 Å². The Balaban J connectivity index is 2.44. The number of pyridine rings is 1. The minimum Gasteiger partial charge on any atom is -0.475 e. The smallest absolute Gasteiger partial charge is 0.277 e. The Bertz CT molecular complexity index is 412. The van der Waals surface area contributed by atoms with Gasteiger partial charge in [0.05, 0.1) is 23.7 Å². The molecule has 0 amide bonds. The first-order valence-corrected chi connectivity index (χ1v) is 5.89. The Morgan fingerprint density at radius 3 is 2.78 bits per heavy atom. The van der Waals surface area contributed by atoms with E-state index in [0.717, 1.165) is 0 Å². The molecule has 18 heavy (non-hydrogen) atoms. The largest absolute Gasteiger partial charge is 0.475 e. The van der Waals surface area contributed by atoms with E-state index in [0.29, 0.717) is 19.1 Å². The van der Waals surface area contributed by atoms with Crippen LogP contribution in [0.25, 0.3) is 0 Å². The molecule has 7 heteroatoms. The first kappa shape index (κ1) is 14.7. The van der Waals surface area contributed by atoms with Gasteiger partial charge in [-0.05, 0) is 5.92 Å². The Labute approximate surface area is 110 Å². The maximum atomic E-state index is 10.6. The molecule has 0 aliphatic rings. The summed E-state index contributed by atoms with van der Waals surface area (Å²) in [6.07, 6.45) is 0. The molecular formula is C11H15ClN2O4. The van der Waals surface area contributed by atoms with Crippen LogP contribution in [0, 0.1) is 16.0 Å². The van der Waals surface area contributed by atoms with Crippen molar-refractivity contribution < 1.29 is 14.4 Å². The molecule has 1 aromatic heterocycles. The van der Waals surface area contributed by atoms with Crippen molar-refractivity contribution in [2.75, 3.05) is 19.8 Å². The van der Waals surface area contributed by atoms with Crippen molar-refractivity contribution >= 4 is 17.3 Å². The average molecular weight is 275 g/mol. The van der Waals surface area contributed by atoms with E-state index < -0.39 is 4.92 Å². The number of rotatable bonds is 7. The predicted octanol–water partition coefficient (Wildman–Crippen LogP) is 2.69. The third kappa shape index (κ3) is 5.29. The van der Waals surface area contributed by atoms with Gasteiger partial charge in [-0.15, -0.1) is 0 Å². The number of hydrogen-bond donors (Lipinski definition) is 0. The van der Waals surface area contributed by atoms with Gasteiger partial charge in [-0.25, -0.2) is 4.98 Å². The standard InChI is InChI=1S/C11H15ClN2O4/c1-8(2)7-17-3-4-18-11-6-9(14(15)16)5-10(12)13-11/h5-6,8H,3-4,7H2,1-2H3. The average Bonchev–Trinajstić information content (AvgIpc) is 2.27. The van der Waals surface area contributed by atoms with E-state index in [-0.39, 0.29) is 23.3 Å². The number of ether oxygens (including phenoxy) is 2. The van der Waals surface area contributed by atoms with E-state index in [2.05, 4.69) is 4.98 Å². The summed E-state index contributed by atoms with van der Waals surface area (Å²) in [5, 5.41) is 10.6. The number of hydrogen-bond acceptors (Lipinski definition) is 5. The first-order valence-electron chi connectivity index (χ1n) is 5.51. The Kier molecular flexibility index (Phi) is 5.80. The second kappa shape index (κ2) is 7.13. The minimum atomic E-state index is -0.546. The molecule has 1 heterocycles. The van der Waals surface area contributed by atoms with Crippen LogP contribution in [0.15, 0.2) is 12.1 Å². The second-order valence-electron chi connectivity index (χ2n) is 4.06. The number of aromatic nitrogens is 1. The molecule has 0 spiro atoms. The molecule has 0 radical (unpaired) electrons. The van der Waals surface area contributed by atoms with Crippen molar-refractivity contribution in [2.45, 2.75) is 13.8 Å². The first-order chi connectivity index (χ1) is 8.49. The molecule has 0 aliphatic carbocycles. The highest BCUT2D eigenvalue weighted by molar-refractivity contribution is 6.29. The van der Waals surface area contributed by atoms with Crippen molar-refractivity contribution in [3.05, 3.63) is 27.4 Å². The van der Waals surface area contributed by atoms with Crippen LogP contribution in [0.5, 0.6) is 5.88 Å². The van der Waals surface area contributed by atoms with Gasteiger partial charge >= 0.3 is 0 Å². The van der Waals surface area contributed by atoms with Gasteiger partial charge < -0.3 is 9.47 Å². The lowest BCUT2D eigenvalue weighted by Gasteiger charge is -2.08. The van der Waals surface area contributed by atoms with Gasteiger partial charge in [-0.1, -0.05) is 25.4 Å². The lowest BCUT2D eigenvalue weighted by Crippen LogP contribution is -2.10. The highest BCUT2D eigenvalue weighted by Crippen LogP contribution is 2.21. The summed E-state index contributed by atoms with van der Waals surface area (Å²) in [7, 11) is 0. The quantitative estimate of drug-likeness (QED) is 0.331. The van der Waals surface area contributed by atoms with Crippen LogP contribution in [-0.2, 0) is 4.74 Å². The normalized spacial score (nSPS) is 10.7. The van der Waals surface area contributed by atoms with Gasteiger partial charge in [0.1, 0.15) is 11.8 Å². The van der Waals surface area contributed by atoms with Crippen molar-refractivity contribution in [3.63, 3.8) is 0 Å². The molecule has 0 saturated carbocycles. The third-order valence-corrected chi connectivity index (χ3v) is 2.09. The summed E-state index contributed by atoms with van der Waals surface area (Å²) in [4.78, 5) is 13.9. The fraction of sp³-hybridized carbons (Fsp3) is 0.545. The molecule has 0 N–H and O–H groups in total. The Morgan fingerprint density at radius 1 is 1.44 bits per heavy atom. The molecule has 1 rings (SSSR count). The Morgan fingerprint density at radius 2 is 2.17 bits per heavy atom. The molecule has 0 aromatic carbocycles. The van der Waals surface area contributed by atoms with Crippen molar-refractivity contribution in [2.24, 2.45) is 5.92 Å². The molecular weight excluding hydrogens is 260 g/mol. The van der Waals surface area contributed by atoms with Crippen LogP contribution < -0.4 is 4.74 Å².